The van der Waals surface area contributed by atoms with Crippen LogP contribution in [0.2, 0.25) is 0 Å². The van der Waals surface area contributed by atoms with Gasteiger partial charge in [0.05, 0.1) is 5.69 Å². The molecule has 136 valence electrons. The normalized spacial score (nSPS) is 12.4. The van der Waals surface area contributed by atoms with Crippen molar-refractivity contribution in [3.8, 4) is 17.1 Å². The molecule has 4 heteroatoms. The van der Waals surface area contributed by atoms with Crippen LogP contribution in [-0.2, 0) is 10.8 Å². The van der Waals surface area contributed by atoms with Gasteiger partial charge in [0.2, 0.25) is 0 Å². The van der Waals surface area contributed by atoms with Gasteiger partial charge in [0.25, 0.3) is 0 Å². The molecule has 0 amide bonds. The number of pyridine rings is 1. The molecule has 0 atom stereocenters. The Morgan fingerprint density at radius 3 is 1.96 bits per heavy atom. The smallest absolute Gasteiger partial charge is 0.165 e. The molecule has 2 aromatic heterocycles. The second-order valence-corrected chi connectivity index (χ2v) is 8.84. The largest absolute Gasteiger partial charge is 0.264 e. The van der Waals surface area contributed by atoms with E-state index < -0.39 is 0 Å². The number of rotatable bonds is 2. The van der Waals surface area contributed by atoms with Crippen molar-refractivity contribution in [1.82, 2.24) is 19.7 Å². The highest BCUT2D eigenvalue weighted by Gasteiger charge is 2.28. The minimum Gasteiger partial charge on any atom is -0.264 e. The molecule has 26 heavy (non-hydrogen) atoms. The van der Waals surface area contributed by atoms with Gasteiger partial charge in [0.1, 0.15) is 5.82 Å². The van der Waals surface area contributed by atoms with Gasteiger partial charge >= 0.3 is 0 Å². The number of aryl methyl sites for hydroxylation is 1. The lowest BCUT2D eigenvalue weighted by atomic mass is 9.78. The van der Waals surface area contributed by atoms with E-state index in [0.717, 1.165) is 22.9 Å². The van der Waals surface area contributed by atoms with E-state index in [-0.39, 0.29) is 10.8 Å². The van der Waals surface area contributed by atoms with Crippen LogP contribution in [0.4, 0.5) is 0 Å². The lowest BCUT2D eigenvalue weighted by Crippen LogP contribution is -2.22. The summed E-state index contributed by atoms with van der Waals surface area (Å²) in [5.74, 6) is 1.59. The Hall–Kier alpha value is -2.49. The highest BCUT2D eigenvalue weighted by atomic mass is 15.4. The zero-order valence-electron chi connectivity index (χ0n) is 16.8. The number of hydrogen-bond acceptors (Lipinski definition) is 3. The molecule has 0 aliphatic rings. The van der Waals surface area contributed by atoms with E-state index in [0.29, 0.717) is 0 Å². The molecular weight excluding hydrogens is 320 g/mol. The van der Waals surface area contributed by atoms with Gasteiger partial charge in [0.15, 0.2) is 5.82 Å². The molecule has 0 fully saturated rings. The summed E-state index contributed by atoms with van der Waals surface area (Å²) in [7, 11) is 0. The minimum absolute atomic E-state index is 0.0113. The Kier molecular flexibility index (Phi) is 4.47. The standard InChI is InChI=1S/C22H28N4/c1-15-24-20(16-10-9-13-23-14-16)26(25-15)19-17(21(2,3)4)11-8-12-18(19)22(5,6)7/h8-14H,1-7H3. The average Bonchev–Trinajstić information content (AvgIpc) is 2.95. The first kappa shape index (κ1) is 18.3. The van der Waals surface area contributed by atoms with Gasteiger partial charge in [-0.3, -0.25) is 4.98 Å². The van der Waals surface area contributed by atoms with E-state index in [2.05, 4.69) is 64.7 Å². The number of hydrogen-bond donors (Lipinski definition) is 0. The van der Waals surface area contributed by atoms with Gasteiger partial charge in [-0.05, 0) is 41.0 Å². The molecule has 0 bridgehead atoms. The summed E-state index contributed by atoms with van der Waals surface area (Å²) in [5.41, 5.74) is 4.61. The Labute approximate surface area is 156 Å². The zero-order valence-corrected chi connectivity index (χ0v) is 16.8. The SMILES string of the molecule is Cc1nc(-c2cccnc2)n(-c2c(C(C)(C)C)cccc2C(C)(C)C)n1. The summed E-state index contributed by atoms with van der Waals surface area (Å²) in [6.45, 7) is 15.4. The average molecular weight is 348 g/mol. The monoisotopic (exact) mass is 348 g/mol. The number of nitrogens with zero attached hydrogens (tertiary/aromatic N) is 4. The molecule has 4 nitrogen and oxygen atoms in total. The van der Waals surface area contributed by atoms with Crippen LogP contribution < -0.4 is 0 Å². The predicted octanol–water partition coefficient (Wildman–Crippen LogP) is 5.23. The summed E-state index contributed by atoms with van der Waals surface area (Å²) in [6, 6.07) is 10.5. The van der Waals surface area contributed by atoms with Crippen LogP contribution in [0.3, 0.4) is 0 Å². The van der Waals surface area contributed by atoms with Gasteiger partial charge in [0, 0.05) is 18.0 Å². The molecule has 0 radical (unpaired) electrons. The lowest BCUT2D eigenvalue weighted by Gasteiger charge is -2.30. The maximum atomic E-state index is 4.78. The van der Waals surface area contributed by atoms with Gasteiger partial charge in [-0.25, -0.2) is 9.67 Å². The van der Waals surface area contributed by atoms with Crippen molar-refractivity contribution in [2.45, 2.75) is 59.3 Å². The second kappa shape index (κ2) is 6.35. The molecule has 0 aliphatic carbocycles. The molecule has 0 aliphatic heterocycles. The zero-order chi connectivity index (χ0) is 19.1. The maximum absolute atomic E-state index is 4.78. The van der Waals surface area contributed by atoms with Crippen molar-refractivity contribution in [2.24, 2.45) is 0 Å². The fraction of sp³-hybridized carbons (Fsp3) is 0.409. The first-order valence-corrected chi connectivity index (χ1v) is 9.07. The van der Waals surface area contributed by atoms with Crippen molar-refractivity contribution >= 4 is 0 Å². The molecular formula is C22H28N4. The van der Waals surface area contributed by atoms with Crippen molar-refractivity contribution in [1.29, 1.82) is 0 Å². The highest BCUT2D eigenvalue weighted by molar-refractivity contribution is 5.61. The van der Waals surface area contributed by atoms with Crippen LogP contribution in [0, 0.1) is 6.92 Å². The van der Waals surface area contributed by atoms with Gasteiger partial charge in [-0.1, -0.05) is 59.7 Å². The fourth-order valence-corrected chi connectivity index (χ4v) is 3.23. The van der Waals surface area contributed by atoms with Gasteiger partial charge in [-0.2, -0.15) is 5.10 Å². The van der Waals surface area contributed by atoms with Crippen LogP contribution in [0.1, 0.15) is 58.5 Å². The van der Waals surface area contributed by atoms with E-state index >= 15 is 0 Å². The molecule has 0 spiro atoms. The van der Waals surface area contributed by atoms with E-state index in [4.69, 9.17) is 10.1 Å². The Balaban J connectivity index is 2.38. The van der Waals surface area contributed by atoms with Crippen LogP contribution in [0.15, 0.2) is 42.7 Å². The summed E-state index contributed by atoms with van der Waals surface area (Å²) in [5, 5.41) is 4.78. The first-order valence-electron chi connectivity index (χ1n) is 9.07. The van der Waals surface area contributed by atoms with Crippen molar-refractivity contribution in [3.63, 3.8) is 0 Å². The Bertz CT molecular complexity index is 877. The van der Waals surface area contributed by atoms with Crippen molar-refractivity contribution < 1.29 is 0 Å². The van der Waals surface area contributed by atoms with Crippen LogP contribution >= 0.6 is 0 Å². The summed E-state index contributed by atoms with van der Waals surface area (Å²) >= 11 is 0. The first-order chi connectivity index (χ1) is 12.1. The van der Waals surface area contributed by atoms with Crippen molar-refractivity contribution in [3.05, 3.63) is 59.7 Å². The fourth-order valence-electron chi connectivity index (χ4n) is 3.23. The van der Waals surface area contributed by atoms with Crippen LogP contribution in [-0.4, -0.2) is 19.7 Å². The molecule has 0 saturated heterocycles. The maximum Gasteiger partial charge on any atom is 0.165 e. The highest BCUT2D eigenvalue weighted by Crippen LogP contribution is 2.37. The number of aromatic nitrogens is 4. The Morgan fingerprint density at radius 1 is 0.846 bits per heavy atom. The summed E-state index contributed by atoms with van der Waals surface area (Å²) in [4.78, 5) is 8.98. The molecule has 3 aromatic rings. The van der Waals surface area contributed by atoms with Crippen LogP contribution in [0.5, 0.6) is 0 Å². The molecule has 0 saturated carbocycles. The van der Waals surface area contributed by atoms with E-state index in [1.165, 1.54) is 11.1 Å². The number of para-hydroxylation sites is 1. The molecule has 0 unspecified atom stereocenters. The minimum atomic E-state index is -0.0113. The molecule has 1 aromatic carbocycles. The predicted molar refractivity (Wildman–Crippen MR) is 107 cm³/mol. The molecule has 0 N–H and O–H groups in total. The third-order valence-corrected chi connectivity index (χ3v) is 4.50. The lowest BCUT2D eigenvalue weighted by molar-refractivity contribution is 0.557. The molecule has 3 rings (SSSR count). The van der Waals surface area contributed by atoms with E-state index in [1.54, 1.807) is 6.20 Å². The van der Waals surface area contributed by atoms with Crippen molar-refractivity contribution in [2.75, 3.05) is 0 Å². The topological polar surface area (TPSA) is 43.6 Å². The third kappa shape index (κ3) is 3.41. The van der Waals surface area contributed by atoms with Gasteiger partial charge < -0.3 is 0 Å². The summed E-state index contributed by atoms with van der Waals surface area (Å²) < 4.78 is 2.01. The Morgan fingerprint density at radius 2 is 1.46 bits per heavy atom. The summed E-state index contributed by atoms with van der Waals surface area (Å²) in [6.07, 6.45) is 3.62. The van der Waals surface area contributed by atoms with E-state index in [9.17, 15) is 0 Å². The number of benzene rings is 1. The quantitative estimate of drug-likeness (QED) is 0.636. The second-order valence-electron chi connectivity index (χ2n) is 8.84. The third-order valence-electron chi connectivity index (χ3n) is 4.50. The molecule has 2 heterocycles. The van der Waals surface area contributed by atoms with Crippen LogP contribution in [0.25, 0.3) is 17.1 Å². The van der Waals surface area contributed by atoms with Gasteiger partial charge in [-0.15, -0.1) is 0 Å². The van der Waals surface area contributed by atoms with E-state index in [1.807, 2.05) is 29.9 Å².